The second-order valence-electron chi connectivity index (χ2n) is 6.39. The molecule has 2 heteroatoms. The lowest BCUT2D eigenvalue weighted by atomic mass is 9.71. The minimum absolute atomic E-state index is 0.0142. The number of allylic oxidation sites excluding steroid dienone is 2. The molecule has 96 valence electrons. The van der Waals surface area contributed by atoms with Crippen LogP contribution in [0.25, 0.3) is 0 Å². The Kier molecular flexibility index (Phi) is 3.44. The Labute approximate surface area is 104 Å². The van der Waals surface area contributed by atoms with Crippen molar-refractivity contribution in [1.82, 2.24) is 0 Å². The van der Waals surface area contributed by atoms with Gasteiger partial charge in [-0.25, -0.2) is 0 Å². The molecule has 0 spiro atoms. The minimum atomic E-state index is -0.259. The fourth-order valence-corrected chi connectivity index (χ4v) is 3.81. The summed E-state index contributed by atoms with van der Waals surface area (Å²) in [6, 6.07) is 0. The summed E-state index contributed by atoms with van der Waals surface area (Å²) in [6.07, 6.45) is 6.63. The third kappa shape index (κ3) is 2.08. The fraction of sp³-hybridized carbons (Fsp3) is 0.800. The van der Waals surface area contributed by atoms with Crippen molar-refractivity contribution in [2.45, 2.75) is 52.6 Å². The van der Waals surface area contributed by atoms with Gasteiger partial charge in [0, 0.05) is 5.41 Å². The first-order chi connectivity index (χ1) is 7.99. The van der Waals surface area contributed by atoms with Crippen LogP contribution in [0.3, 0.4) is 0 Å². The molecule has 0 aromatic carbocycles. The fourth-order valence-electron chi connectivity index (χ4n) is 3.81. The van der Waals surface area contributed by atoms with E-state index in [1.54, 1.807) is 0 Å². The van der Waals surface area contributed by atoms with Gasteiger partial charge in [0.2, 0.25) is 0 Å². The van der Waals surface area contributed by atoms with Crippen molar-refractivity contribution >= 4 is 6.29 Å². The first-order valence-electron chi connectivity index (χ1n) is 6.83. The molecule has 2 aliphatic carbocycles. The quantitative estimate of drug-likeness (QED) is 0.748. The predicted octanol–water partition coefficient (Wildman–Crippen LogP) is 2.95. The summed E-state index contributed by atoms with van der Waals surface area (Å²) in [4.78, 5) is 11.0. The molecule has 1 N–H and O–H groups in total. The summed E-state index contributed by atoms with van der Waals surface area (Å²) in [5, 5.41) is 10.4. The topological polar surface area (TPSA) is 37.3 Å². The average Bonchev–Trinajstić information content (AvgIpc) is 2.57. The van der Waals surface area contributed by atoms with E-state index in [-0.39, 0.29) is 11.5 Å². The molecule has 1 saturated carbocycles. The zero-order valence-electron chi connectivity index (χ0n) is 11.1. The SMILES string of the molecule is CC(C)[C@H]1CC[C@]2(C)[C@@H](O)CCC(C=O)=C[C@@H]12. The van der Waals surface area contributed by atoms with Crippen LogP contribution >= 0.6 is 0 Å². The molecule has 0 heterocycles. The van der Waals surface area contributed by atoms with Crippen molar-refractivity contribution < 1.29 is 9.90 Å². The molecule has 0 aliphatic heterocycles. The number of aliphatic hydroxyl groups excluding tert-OH is 1. The summed E-state index contributed by atoms with van der Waals surface area (Å²) >= 11 is 0. The second-order valence-corrected chi connectivity index (χ2v) is 6.39. The van der Waals surface area contributed by atoms with Gasteiger partial charge in [-0.3, -0.25) is 4.79 Å². The summed E-state index contributed by atoms with van der Waals surface area (Å²) in [6.45, 7) is 6.71. The number of aliphatic hydroxyl groups is 1. The van der Waals surface area contributed by atoms with Crippen LogP contribution in [-0.4, -0.2) is 17.5 Å². The van der Waals surface area contributed by atoms with E-state index >= 15 is 0 Å². The van der Waals surface area contributed by atoms with Crippen molar-refractivity contribution in [3.63, 3.8) is 0 Å². The molecule has 0 bridgehead atoms. The Balaban J connectivity index is 2.36. The predicted molar refractivity (Wildman–Crippen MR) is 68.5 cm³/mol. The van der Waals surface area contributed by atoms with Gasteiger partial charge in [-0.2, -0.15) is 0 Å². The lowest BCUT2D eigenvalue weighted by molar-refractivity contribution is -0.105. The number of fused-ring (bicyclic) bond motifs is 1. The molecule has 2 rings (SSSR count). The number of rotatable bonds is 2. The molecule has 0 saturated heterocycles. The third-order valence-electron chi connectivity index (χ3n) is 5.11. The average molecular weight is 236 g/mol. The van der Waals surface area contributed by atoms with E-state index < -0.39 is 0 Å². The number of carbonyl (C=O) groups excluding carboxylic acids is 1. The number of carbonyl (C=O) groups is 1. The number of aldehydes is 1. The normalized spacial score (nSPS) is 41.9. The van der Waals surface area contributed by atoms with E-state index in [0.29, 0.717) is 17.8 Å². The molecule has 2 nitrogen and oxygen atoms in total. The van der Waals surface area contributed by atoms with Gasteiger partial charge < -0.3 is 5.11 Å². The van der Waals surface area contributed by atoms with Gasteiger partial charge in [0.15, 0.2) is 0 Å². The maximum absolute atomic E-state index is 11.0. The van der Waals surface area contributed by atoms with Gasteiger partial charge >= 0.3 is 0 Å². The van der Waals surface area contributed by atoms with Crippen LogP contribution in [0.1, 0.15) is 46.5 Å². The molecule has 0 aromatic heterocycles. The van der Waals surface area contributed by atoms with E-state index in [4.69, 9.17) is 0 Å². The maximum atomic E-state index is 11.0. The van der Waals surface area contributed by atoms with Gasteiger partial charge in [-0.15, -0.1) is 0 Å². The van der Waals surface area contributed by atoms with Crippen LogP contribution in [0.4, 0.5) is 0 Å². The molecule has 0 unspecified atom stereocenters. The molecule has 0 radical (unpaired) electrons. The summed E-state index contributed by atoms with van der Waals surface area (Å²) in [7, 11) is 0. The molecule has 0 amide bonds. The van der Waals surface area contributed by atoms with Crippen molar-refractivity contribution in [3.05, 3.63) is 11.6 Å². The van der Waals surface area contributed by atoms with Crippen LogP contribution in [0.15, 0.2) is 11.6 Å². The van der Waals surface area contributed by atoms with Crippen LogP contribution in [0.2, 0.25) is 0 Å². The third-order valence-corrected chi connectivity index (χ3v) is 5.11. The largest absolute Gasteiger partial charge is 0.393 e. The Bertz CT molecular complexity index is 332. The van der Waals surface area contributed by atoms with E-state index in [2.05, 4.69) is 26.8 Å². The van der Waals surface area contributed by atoms with Gasteiger partial charge in [0.1, 0.15) is 6.29 Å². The Morgan fingerprint density at radius 2 is 2.18 bits per heavy atom. The molecule has 1 fully saturated rings. The van der Waals surface area contributed by atoms with Gasteiger partial charge in [-0.05, 0) is 49.0 Å². The van der Waals surface area contributed by atoms with Crippen molar-refractivity contribution in [2.24, 2.45) is 23.2 Å². The van der Waals surface area contributed by atoms with Gasteiger partial charge in [0.05, 0.1) is 6.10 Å². The van der Waals surface area contributed by atoms with Crippen molar-refractivity contribution in [2.75, 3.05) is 0 Å². The highest BCUT2D eigenvalue weighted by atomic mass is 16.3. The van der Waals surface area contributed by atoms with Crippen LogP contribution in [-0.2, 0) is 4.79 Å². The number of hydrogen-bond donors (Lipinski definition) is 1. The highest BCUT2D eigenvalue weighted by Gasteiger charge is 2.49. The van der Waals surface area contributed by atoms with Crippen molar-refractivity contribution in [1.29, 1.82) is 0 Å². The monoisotopic (exact) mass is 236 g/mol. The van der Waals surface area contributed by atoms with Gasteiger partial charge in [-0.1, -0.05) is 26.8 Å². The lowest BCUT2D eigenvalue weighted by Gasteiger charge is -2.36. The molecule has 17 heavy (non-hydrogen) atoms. The Morgan fingerprint density at radius 1 is 1.47 bits per heavy atom. The number of hydrogen-bond acceptors (Lipinski definition) is 2. The smallest absolute Gasteiger partial charge is 0.145 e. The molecule has 2 aliphatic rings. The minimum Gasteiger partial charge on any atom is -0.393 e. The van der Waals surface area contributed by atoms with Gasteiger partial charge in [0.25, 0.3) is 0 Å². The van der Waals surface area contributed by atoms with Crippen LogP contribution in [0.5, 0.6) is 0 Å². The van der Waals surface area contributed by atoms with E-state index in [9.17, 15) is 9.90 Å². The highest BCUT2D eigenvalue weighted by molar-refractivity contribution is 5.73. The van der Waals surface area contributed by atoms with Crippen LogP contribution in [0, 0.1) is 23.2 Å². The summed E-state index contributed by atoms with van der Waals surface area (Å²) in [5.41, 5.74) is 0.880. The van der Waals surface area contributed by atoms with E-state index in [0.717, 1.165) is 31.1 Å². The standard InChI is InChI=1S/C15H24O2/c1-10(2)12-6-7-15(3)13(12)8-11(9-16)4-5-14(15)17/h8-10,12-14,17H,4-7H2,1-3H3/t12-,13+,14+,15+/m1/s1. The first-order valence-corrected chi connectivity index (χ1v) is 6.83. The zero-order valence-corrected chi connectivity index (χ0v) is 11.1. The lowest BCUT2D eigenvalue weighted by Crippen LogP contribution is -2.36. The maximum Gasteiger partial charge on any atom is 0.145 e. The molecule has 0 aromatic rings. The Morgan fingerprint density at radius 3 is 2.76 bits per heavy atom. The second kappa shape index (κ2) is 4.56. The van der Waals surface area contributed by atoms with Crippen molar-refractivity contribution in [3.8, 4) is 0 Å². The first kappa shape index (κ1) is 12.8. The molecular weight excluding hydrogens is 212 g/mol. The summed E-state index contributed by atoms with van der Waals surface area (Å²) in [5.74, 6) is 1.61. The van der Waals surface area contributed by atoms with E-state index in [1.165, 1.54) is 6.42 Å². The summed E-state index contributed by atoms with van der Waals surface area (Å²) < 4.78 is 0. The Hall–Kier alpha value is -0.630. The van der Waals surface area contributed by atoms with Crippen LogP contribution < -0.4 is 0 Å². The van der Waals surface area contributed by atoms with E-state index in [1.807, 2.05) is 0 Å². The zero-order chi connectivity index (χ0) is 12.6. The molecular formula is C15H24O2. The molecule has 4 atom stereocenters. The highest BCUT2D eigenvalue weighted by Crippen LogP contribution is 2.54.